The van der Waals surface area contributed by atoms with Crippen LogP contribution in [0.3, 0.4) is 0 Å². The second-order valence-electron chi connectivity index (χ2n) is 4.06. The Morgan fingerprint density at radius 3 is 2.72 bits per heavy atom. The molecular weight excluding hydrogens is 233 g/mol. The standard InChI is InChI=1S/C13H20FN3O/c1-3-8-17(4-2)9-7-15-13(18)11-5-6-12(14)16-10-11/h5-6,10H,3-4,7-9H2,1-2H3,(H,15,18). The summed E-state index contributed by atoms with van der Waals surface area (Å²) in [6, 6.07) is 2.62. The SMILES string of the molecule is CCCN(CC)CCNC(=O)c1ccc(F)nc1. The first kappa shape index (κ1) is 14.6. The molecule has 5 heteroatoms. The largest absolute Gasteiger partial charge is 0.351 e. The fourth-order valence-electron chi connectivity index (χ4n) is 1.68. The van der Waals surface area contributed by atoms with Gasteiger partial charge in [-0.25, -0.2) is 4.98 Å². The molecule has 0 saturated carbocycles. The van der Waals surface area contributed by atoms with Crippen molar-refractivity contribution in [1.29, 1.82) is 0 Å². The van der Waals surface area contributed by atoms with Crippen molar-refractivity contribution in [3.05, 3.63) is 29.8 Å². The Bertz CT molecular complexity index is 367. The Balaban J connectivity index is 2.35. The van der Waals surface area contributed by atoms with Crippen LogP contribution in [0.4, 0.5) is 4.39 Å². The zero-order chi connectivity index (χ0) is 13.4. The molecule has 0 aliphatic rings. The van der Waals surface area contributed by atoms with Gasteiger partial charge in [-0.3, -0.25) is 4.79 Å². The third-order valence-electron chi connectivity index (χ3n) is 2.69. The number of halogens is 1. The number of nitrogens with zero attached hydrogens (tertiary/aromatic N) is 2. The maximum absolute atomic E-state index is 12.6. The summed E-state index contributed by atoms with van der Waals surface area (Å²) in [5.74, 6) is -0.790. The number of rotatable bonds is 7. The minimum atomic E-state index is -0.577. The molecule has 100 valence electrons. The summed E-state index contributed by atoms with van der Waals surface area (Å²) in [6.07, 6.45) is 2.35. The van der Waals surface area contributed by atoms with E-state index in [9.17, 15) is 9.18 Å². The number of nitrogens with one attached hydrogen (secondary N) is 1. The van der Waals surface area contributed by atoms with Crippen LogP contribution in [0.25, 0.3) is 0 Å². The lowest BCUT2D eigenvalue weighted by Gasteiger charge is -2.19. The molecule has 1 amide bonds. The van der Waals surface area contributed by atoms with E-state index in [1.54, 1.807) is 0 Å². The fraction of sp³-hybridized carbons (Fsp3) is 0.538. The minimum Gasteiger partial charge on any atom is -0.351 e. The first-order chi connectivity index (χ1) is 8.67. The predicted octanol–water partition coefficient (Wildman–Crippen LogP) is 1.68. The molecule has 0 fully saturated rings. The predicted molar refractivity (Wildman–Crippen MR) is 68.9 cm³/mol. The third-order valence-corrected chi connectivity index (χ3v) is 2.69. The molecule has 0 aliphatic heterocycles. The highest BCUT2D eigenvalue weighted by molar-refractivity contribution is 5.93. The fourth-order valence-corrected chi connectivity index (χ4v) is 1.68. The van der Waals surface area contributed by atoms with Crippen LogP contribution in [0.5, 0.6) is 0 Å². The van der Waals surface area contributed by atoms with Crippen molar-refractivity contribution in [3.63, 3.8) is 0 Å². The maximum atomic E-state index is 12.6. The van der Waals surface area contributed by atoms with Gasteiger partial charge in [0.25, 0.3) is 5.91 Å². The third kappa shape index (κ3) is 4.79. The van der Waals surface area contributed by atoms with E-state index in [0.717, 1.165) is 26.1 Å². The van der Waals surface area contributed by atoms with Gasteiger partial charge in [0.2, 0.25) is 5.95 Å². The van der Waals surface area contributed by atoms with Gasteiger partial charge in [0, 0.05) is 19.3 Å². The Kier molecular flexibility index (Phi) is 6.28. The molecule has 1 rings (SSSR count). The molecule has 1 heterocycles. The second kappa shape index (κ2) is 7.76. The Hall–Kier alpha value is -1.49. The number of hydrogen-bond acceptors (Lipinski definition) is 3. The molecule has 0 aromatic carbocycles. The highest BCUT2D eigenvalue weighted by Gasteiger charge is 2.06. The quantitative estimate of drug-likeness (QED) is 0.752. The molecular formula is C13H20FN3O. The summed E-state index contributed by atoms with van der Waals surface area (Å²) in [7, 11) is 0. The minimum absolute atomic E-state index is 0.213. The summed E-state index contributed by atoms with van der Waals surface area (Å²) in [4.78, 5) is 17.4. The molecule has 4 nitrogen and oxygen atoms in total. The van der Waals surface area contributed by atoms with E-state index in [1.807, 2.05) is 0 Å². The monoisotopic (exact) mass is 253 g/mol. The number of hydrogen-bond donors (Lipinski definition) is 1. The van der Waals surface area contributed by atoms with Crippen LogP contribution in [0.1, 0.15) is 30.6 Å². The number of amides is 1. The topological polar surface area (TPSA) is 45.2 Å². The van der Waals surface area contributed by atoms with E-state index in [0.29, 0.717) is 12.1 Å². The van der Waals surface area contributed by atoms with Crippen molar-refractivity contribution in [2.75, 3.05) is 26.2 Å². The molecule has 0 radical (unpaired) electrons. The molecule has 0 bridgehead atoms. The Morgan fingerprint density at radius 1 is 1.39 bits per heavy atom. The van der Waals surface area contributed by atoms with Gasteiger partial charge in [0.15, 0.2) is 0 Å². The number of likely N-dealkylation sites (N-methyl/N-ethyl adjacent to an activating group) is 1. The summed E-state index contributed by atoms with van der Waals surface area (Å²) in [6.45, 7) is 7.65. The Labute approximate surface area is 107 Å². The van der Waals surface area contributed by atoms with Gasteiger partial charge in [0.05, 0.1) is 5.56 Å². The van der Waals surface area contributed by atoms with Crippen molar-refractivity contribution in [2.45, 2.75) is 20.3 Å². The lowest BCUT2D eigenvalue weighted by Crippen LogP contribution is -2.35. The first-order valence-electron chi connectivity index (χ1n) is 6.29. The van der Waals surface area contributed by atoms with Crippen LogP contribution >= 0.6 is 0 Å². The lowest BCUT2D eigenvalue weighted by molar-refractivity contribution is 0.0948. The van der Waals surface area contributed by atoms with E-state index in [-0.39, 0.29) is 5.91 Å². The number of carbonyl (C=O) groups excluding carboxylic acids is 1. The summed E-state index contributed by atoms with van der Waals surface area (Å²) in [5.41, 5.74) is 0.384. The van der Waals surface area contributed by atoms with Gasteiger partial charge in [-0.05, 0) is 31.6 Å². The average molecular weight is 253 g/mol. The molecule has 0 saturated heterocycles. The molecule has 18 heavy (non-hydrogen) atoms. The van der Waals surface area contributed by atoms with E-state index < -0.39 is 5.95 Å². The molecule has 0 atom stereocenters. The zero-order valence-corrected chi connectivity index (χ0v) is 10.9. The van der Waals surface area contributed by atoms with E-state index in [4.69, 9.17) is 0 Å². The van der Waals surface area contributed by atoms with Crippen molar-refractivity contribution < 1.29 is 9.18 Å². The smallest absolute Gasteiger partial charge is 0.252 e. The maximum Gasteiger partial charge on any atom is 0.252 e. The van der Waals surface area contributed by atoms with E-state index >= 15 is 0 Å². The normalized spacial score (nSPS) is 10.7. The molecule has 1 aromatic heterocycles. The zero-order valence-electron chi connectivity index (χ0n) is 10.9. The molecule has 1 aromatic rings. The van der Waals surface area contributed by atoms with Gasteiger partial charge in [-0.1, -0.05) is 13.8 Å². The van der Waals surface area contributed by atoms with Crippen molar-refractivity contribution in [1.82, 2.24) is 15.2 Å². The van der Waals surface area contributed by atoms with Crippen molar-refractivity contribution in [3.8, 4) is 0 Å². The van der Waals surface area contributed by atoms with Crippen LogP contribution in [0, 0.1) is 5.95 Å². The van der Waals surface area contributed by atoms with Gasteiger partial charge >= 0.3 is 0 Å². The van der Waals surface area contributed by atoms with E-state index in [2.05, 4.69) is 29.0 Å². The van der Waals surface area contributed by atoms with Crippen LogP contribution in [0.2, 0.25) is 0 Å². The molecule has 0 unspecified atom stereocenters. The van der Waals surface area contributed by atoms with Crippen LogP contribution in [0.15, 0.2) is 18.3 Å². The molecule has 0 aliphatic carbocycles. The highest BCUT2D eigenvalue weighted by atomic mass is 19.1. The van der Waals surface area contributed by atoms with Gasteiger partial charge in [-0.15, -0.1) is 0 Å². The number of aromatic nitrogens is 1. The number of pyridine rings is 1. The van der Waals surface area contributed by atoms with Gasteiger partial charge in [-0.2, -0.15) is 4.39 Å². The Morgan fingerprint density at radius 2 is 2.17 bits per heavy atom. The average Bonchev–Trinajstić information content (AvgIpc) is 2.38. The first-order valence-corrected chi connectivity index (χ1v) is 6.29. The van der Waals surface area contributed by atoms with Crippen LogP contribution < -0.4 is 5.32 Å². The van der Waals surface area contributed by atoms with Gasteiger partial charge < -0.3 is 10.2 Å². The molecule has 1 N–H and O–H groups in total. The molecule has 0 spiro atoms. The van der Waals surface area contributed by atoms with Gasteiger partial charge in [0.1, 0.15) is 0 Å². The summed E-state index contributed by atoms with van der Waals surface area (Å²) >= 11 is 0. The number of carbonyl (C=O) groups is 1. The van der Waals surface area contributed by atoms with Crippen molar-refractivity contribution in [2.24, 2.45) is 0 Å². The summed E-state index contributed by atoms with van der Waals surface area (Å²) in [5, 5.41) is 2.80. The van der Waals surface area contributed by atoms with E-state index in [1.165, 1.54) is 18.3 Å². The highest BCUT2D eigenvalue weighted by Crippen LogP contribution is 1.98. The van der Waals surface area contributed by atoms with Crippen molar-refractivity contribution >= 4 is 5.91 Å². The van der Waals surface area contributed by atoms with Crippen LogP contribution in [-0.4, -0.2) is 42.0 Å². The van der Waals surface area contributed by atoms with Crippen LogP contribution in [-0.2, 0) is 0 Å². The lowest BCUT2D eigenvalue weighted by atomic mass is 10.2. The summed E-state index contributed by atoms with van der Waals surface area (Å²) < 4.78 is 12.6. The second-order valence-corrected chi connectivity index (χ2v) is 4.06.